The predicted octanol–water partition coefficient (Wildman–Crippen LogP) is 2.40. The third-order valence-electron chi connectivity index (χ3n) is 2.11. The molecule has 0 saturated carbocycles. The number of hydrogen-bond acceptors (Lipinski definition) is 5. The van der Waals surface area contributed by atoms with E-state index in [1.807, 2.05) is 13.8 Å². The number of nitriles is 1. The molecule has 0 aliphatic heterocycles. The minimum absolute atomic E-state index is 0.00482. The topological polar surface area (TPSA) is 71.9 Å². The molecule has 86 valence electrons. The summed E-state index contributed by atoms with van der Waals surface area (Å²) in [4.78, 5) is 0. The molecule has 0 aliphatic carbocycles. The Bertz CT molecular complexity index is 541. The summed E-state index contributed by atoms with van der Waals surface area (Å²) in [6.45, 7) is 3.81. The molecule has 0 spiro atoms. The molecule has 17 heavy (non-hydrogen) atoms. The van der Waals surface area contributed by atoms with Crippen molar-refractivity contribution >= 4 is 0 Å². The largest absolute Gasteiger partial charge is 0.490 e. The summed E-state index contributed by atoms with van der Waals surface area (Å²) < 4.78 is 10.5. The second kappa shape index (κ2) is 4.66. The van der Waals surface area contributed by atoms with Crippen LogP contribution in [0.3, 0.4) is 0 Å². The molecule has 0 amide bonds. The summed E-state index contributed by atoms with van der Waals surface area (Å²) in [7, 11) is 0. The Labute approximate surface area is 98.6 Å². The van der Waals surface area contributed by atoms with E-state index in [2.05, 4.69) is 16.4 Å². The molecule has 0 N–H and O–H groups in total. The fourth-order valence-electron chi connectivity index (χ4n) is 1.41. The molecule has 0 saturated heterocycles. The SMILES string of the molecule is CC(C)Oc1cc(-c2cnno2)ccc1C#N. The van der Waals surface area contributed by atoms with Crippen LogP contribution in [0.2, 0.25) is 0 Å². The van der Waals surface area contributed by atoms with E-state index in [-0.39, 0.29) is 6.10 Å². The van der Waals surface area contributed by atoms with Crippen molar-refractivity contribution in [3.63, 3.8) is 0 Å². The minimum atomic E-state index is 0.00482. The van der Waals surface area contributed by atoms with E-state index in [0.29, 0.717) is 17.1 Å². The molecule has 0 fully saturated rings. The highest BCUT2D eigenvalue weighted by molar-refractivity contribution is 5.61. The number of benzene rings is 1. The lowest BCUT2D eigenvalue weighted by atomic mass is 10.1. The van der Waals surface area contributed by atoms with Gasteiger partial charge >= 0.3 is 0 Å². The highest BCUT2D eigenvalue weighted by Gasteiger charge is 2.10. The summed E-state index contributed by atoms with van der Waals surface area (Å²) in [5.74, 6) is 1.08. The van der Waals surface area contributed by atoms with Gasteiger partial charge in [-0.15, -0.1) is 5.10 Å². The molecule has 0 bridgehead atoms. The van der Waals surface area contributed by atoms with Crippen LogP contribution in [-0.4, -0.2) is 16.5 Å². The first-order chi connectivity index (χ1) is 8.20. The molecular weight excluding hydrogens is 218 g/mol. The summed E-state index contributed by atoms with van der Waals surface area (Å²) >= 11 is 0. The lowest BCUT2D eigenvalue weighted by Gasteiger charge is -2.11. The second-order valence-corrected chi connectivity index (χ2v) is 3.77. The average Bonchev–Trinajstić information content (AvgIpc) is 2.81. The maximum atomic E-state index is 8.97. The molecule has 1 aromatic heterocycles. The number of rotatable bonds is 3. The normalized spacial score (nSPS) is 10.2. The first-order valence-corrected chi connectivity index (χ1v) is 5.19. The van der Waals surface area contributed by atoms with E-state index in [0.717, 1.165) is 5.56 Å². The van der Waals surface area contributed by atoms with Crippen LogP contribution in [0.25, 0.3) is 11.3 Å². The van der Waals surface area contributed by atoms with Crippen molar-refractivity contribution < 1.29 is 9.26 Å². The van der Waals surface area contributed by atoms with Gasteiger partial charge in [-0.1, -0.05) is 0 Å². The molecule has 5 heteroatoms. The smallest absolute Gasteiger partial charge is 0.187 e. The second-order valence-electron chi connectivity index (χ2n) is 3.77. The Morgan fingerprint density at radius 2 is 2.24 bits per heavy atom. The lowest BCUT2D eigenvalue weighted by Crippen LogP contribution is -2.06. The maximum Gasteiger partial charge on any atom is 0.187 e. The summed E-state index contributed by atoms with van der Waals surface area (Å²) in [5.41, 5.74) is 1.28. The van der Waals surface area contributed by atoms with Crippen molar-refractivity contribution in [1.82, 2.24) is 10.4 Å². The van der Waals surface area contributed by atoms with E-state index < -0.39 is 0 Å². The van der Waals surface area contributed by atoms with E-state index in [4.69, 9.17) is 14.5 Å². The van der Waals surface area contributed by atoms with Gasteiger partial charge in [0, 0.05) is 10.8 Å². The van der Waals surface area contributed by atoms with Crippen molar-refractivity contribution in [3.8, 4) is 23.1 Å². The van der Waals surface area contributed by atoms with Gasteiger partial charge in [0.2, 0.25) is 0 Å². The minimum Gasteiger partial charge on any atom is -0.490 e. The van der Waals surface area contributed by atoms with Gasteiger partial charge in [-0.25, -0.2) is 0 Å². The van der Waals surface area contributed by atoms with Crippen LogP contribution in [0.15, 0.2) is 28.9 Å². The van der Waals surface area contributed by atoms with Crippen molar-refractivity contribution in [2.75, 3.05) is 0 Å². The third-order valence-corrected chi connectivity index (χ3v) is 2.11. The first-order valence-electron chi connectivity index (χ1n) is 5.19. The Kier molecular flexibility index (Phi) is 3.06. The Balaban J connectivity index is 2.42. The fraction of sp³-hybridized carbons (Fsp3) is 0.250. The molecular formula is C12H11N3O2. The molecule has 5 nitrogen and oxygen atoms in total. The van der Waals surface area contributed by atoms with Gasteiger partial charge in [0.25, 0.3) is 0 Å². The van der Waals surface area contributed by atoms with E-state index in [1.165, 1.54) is 6.20 Å². The van der Waals surface area contributed by atoms with E-state index >= 15 is 0 Å². The van der Waals surface area contributed by atoms with E-state index in [1.54, 1.807) is 18.2 Å². The number of ether oxygens (including phenoxy) is 1. The highest BCUT2D eigenvalue weighted by Crippen LogP contribution is 2.27. The average molecular weight is 229 g/mol. The molecule has 1 heterocycles. The van der Waals surface area contributed by atoms with Crippen LogP contribution in [0.5, 0.6) is 5.75 Å². The number of aromatic nitrogens is 2. The first kappa shape index (κ1) is 11.1. The van der Waals surface area contributed by atoms with Crippen LogP contribution in [0.1, 0.15) is 19.4 Å². The predicted molar refractivity (Wildman–Crippen MR) is 60.2 cm³/mol. The van der Waals surface area contributed by atoms with Gasteiger partial charge in [0.1, 0.15) is 11.8 Å². The lowest BCUT2D eigenvalue weighted by molar-refractivity contribution is 0.242. The zero-order valence-corrected chi connectivity index (χ0v) is 9.54. The van der Waals surface area contributed by atoms with Crippen molar-refractivity contribution in [2.45, 2.75) is 20.0 Å². The van der Waals surface area contributed by atoms with Gasteiger partial charge in [-0.3, -0.25) is 0 Å². The number of hydrogen-bond donors (Lipinski definition) is 0. The van der Waals surface area contributed by atoms with Gasteiger partial charge in [-0.2, -0.15) is 5.26 Å². The van der Waals surface area contributed by atoms with E-state index in [9.17, 15) is 0 Å². The summed E-state index contributed by atoms with van der Waals surface area (Å²) in [5, 5.41) is 16.0. The fourth-order valence-corrected chi connectivity index (χ4v) is 1.41. The zero-order chi connectivity index (χ0) is 12.3. The molecule has 1 aromatic carbocycles. The molecule has 2 aromatic rings. The van der Waals surface area contributed by atoms with Crippen molar-refractivity contribution in [2.24, 2.45) is 0 Å². The Morgan fingerprint density at radius 3 is 2.82 bits per heavy atom. The van der Waals surface area contributed by atoms with Gasteiger partial charge in [-0.05, 0) is 32.0 Å². The molecule has 2 rings (SSSR count). The molecule has 0 atom stereocenters. The van der Waals surface area contributed by atoms with Gasteiger partial charge < -0.3 is 9.26 Å². The van der Waals surface area contributed by atoms with Crippen LogP contribution < -0.4 is 4.74 Å². The quantitative estimate of drug-likeness (QED) is 0.808. The molecule has 0 aliphatic rings. The molecule has 0 unspecified atom stereocenters. The Hall–Kier alpha value is -2.35. The van der Waals surface area contributed by atoms with Crippen LogP contribution in [0.4, 0.5) is 0 Å². The zero-order valence-electron chi connectivity index (χ0n) is 9.54. The molecule has 0 radical (unpaired) electrons. The van der Waals surface area contributed by atoms with Gasteiger partial charge in [0.15, 0.2) is 5.76 Å². The monoisotopic (exact) mass is 229 g/mol. The number of nitrogens with zero attached hydrogens (tertiary/aromatic N) is 3. The summed E-state index contributed by atoms with van der Waals surface area (Å²) in [6.07, 6.45) is 1.52. The van der Waals surface area contributed by atoms with Crippen LogP contribution in [-0.2, 0) is 0 Å². The standard InChI is InChI=1S/C12H11N3O2/c1-8(2)16-11-5-9(3-4-10(11)6-13)12-7-14-15-17-12/h3-5,7-8H,1-2H3. The van der Waals surface area contributed by atoms with Crippen LogP contribution >= 0.6 is 0 Å². The summed E-state index contributed by atoms with van der Waals surface area (Å²) in [6, 6.07) is 7.30. The third kappa shape index (κ3) is 2.42. The van der Waals surface area contributed by atoms with Gasteiger partial charge in [0.05, 0.1) is 17.9 Å². The van der Waals surface area contributed by atoms with Crippen molar-refractivity contribution in [1.29, 1.82) is 5.26 Å². The highest BCUT2D eigenvalue weighted by atomic mass is 16.5. The Morgan fingerprint density at radius 1 is 1.41 bits per heavy atom. The van der Waals surface area contributed by atoms with Crippen molar-refractivity contribution in [3.05, 3.63) is 30.0 Å². The maximum absolute atomic E-state index is 8.97. The van der Waals surface area contributed by atoms with Crippen LogP contribution in [0, 0.1) is 11.3 Å².